The molecule has 0 saturated carbocycles. The summed E-state index contributed by atoms with van der Waals surface area (Å²) in [6, 6.07) is 23.9. The second-order valence-electron chi connectivity index (χ2n) is 7.26. The number of nitriles is 1. The van der Waals surface area contributed by atoms with Crippen LogP contribution in [0.4, 0.5) is 0 Å². The Labute approximate surface area is 189 Å². The van der Waals surface area contributed by atoms with Gasteiger partial charge in [-0.1, -0.05) is 53.7 Å². The first-order chi connectivity index (χ1) is 15.5. The van der Waals surface area contributed by atoms with Crippen LogP contribution in [0.1, 0.15) is 16.7 Å². The Morgan fingerprint density at radius 1 is 1.06 bits per heavy atom. The Morgan fingerprint density at radius 2 is 1.78 bits per heavy atom. The van der Waals surface area contributed by atoms with Gasteiger partial charge in [-0.3, -0.25) is 14.2 Å². The zero-order chi connectivity index (χ0) is 22.5. The van der Waals surface area contributed by atoms with Crippen LogP contribution < -0.4 is 10.9 Å². The molecule has 0 aliphatic heterocycles. The molecule has 1 N–H and O–H groups in total. The van der Waals surface area contributed by atoms with Crippen LogP contribution in [0.2, 0.25) is 0 Å². The van der Waals surface area contributed by atoms with Gasteiger partial charge in [-0.05, 0) is 48.9 Å². The third-order valence-corrected chi connectivity index (χ3v) is 5.88. The topological polar surface area (TPSA) is 87.8 Å². The minimum Gasteiger partial charge on any atom is -0.351 e. The van der Waals surface area contributed by atoms with E-state index in [2.05, 4.69) is 16.4 Å². The Balaban J connectivity index is 1.59. The number of rotatable bonds is 6. The first-order valence-electron chi connectivity index (χ1n) is 10.0. The zero-order valence-corrected chi connectivity index (χ0v) is 18.2. The standard InChI is InChI=1S/C25H20N4O2S/c1-17-6-8-19(9-7-17)15-27-23(30)16-32-25-28-22-5-3-2-4-21(22)24(31)29(25)20-12-10-18(14-26)11-13-20/h2-13H,15-16H2,1H3,(H,27,30). The van der Waals surface area contributed by atoms with E-state index < -0.39 is 0 Å². The summed E-state index contributed by atoms with van der Waals surface area (Å²) in [7, 11) is 0. The molecule has 7 heteroatoms. The monoisotopic (exact) mass is 440 g/mol. The molecule has 0 aliphatic carbocycles. The molecule has 1 heterocycles. The minimum atomic E-state index is -0.220. The number of amides is 1. The van der Waals surface area contributed by atoms with E-state index in [1.54, 1.807) is 42.5 Å². The molecule has 4 aromatic rings. The van der Waals surface area contributed by atoms with Crippen LogP contribution in [-0.4, -0.2) is 21.2 Å². The van der Waals surface area contributed by atoms with Gasteiger partial charge in [-0.25, -0.2) is 4.98 Å². The van der Waals surface area contributed by atoms with Gasteiger partial charge in [-0.2, -0.15) is 5.26 Å². The van der Waals surface area contributed by atoms with Crippen molar-refractivity contribution in [3.8, 4) is 11.8 Å². The van der Waals surface area contributed by atoms with Gasteiger partial charge in [0.25, 0.3) is 5.56 Å². The van der Waals surface area contributed by atoms with Gasteiger partial charge in [0.2, 0.25) is 5.91 Å². The quantitative estimate of drug-likeness (QED) is 0.362. The lowest BCUT2D eigenvalue weighted by molar-refractivity contribution is -0.118. The van der Waals surface area contributed by atoms with Crippen LogP contribution in [0.5, 0.6) is 0 Å². The number of benzene rings is 3. The highest BCUT2D eigenvalue weighted by Crippen LogP contribution is 2.21. The van der Waals surface area contributed by atoms with Gasteiger partial charge >= 0.3 is 0 Å². The van der Waals surface area contributed by atoms with Crippen molar-refractivity contribution in [3.63, 3.8) is 0 Å². The molecule has 0 spiro atoms. The van der Waals surface area contributed by atoms with Crippen LogP contribution in [-0.2, 0) is 11.3 Å². The van der Waals surface area contributed by atoms with Gasteiger partial charge in [0.15, 0.2) is 5.16 Å². The maximum atomic E-state index is 13.2. The van der Waals surface area contributed by atoms with Crippen molar-refractivity contribution in [1.82, 2.24) is 14.9 Å². The Kier molecular flexibility index (Phi) is 6.34. The molecule has 4 rings (SSSR count). The van der Waals surface area contributed by atoms with Crippen LogP contribution in [0.25, 0.3) is 16.6 Å². The number of hydrogen-bond donors (Lipinski definition) is 1. The van der Waals surface area contributed by atoms with Crippen molar-refractivity contribution in [3.05, 3.63) is 99.8 Å². The number of carbonyl (C=O) groups is 1. The minimum absolute atomic E-state index is 0.118. The highest BCUT2D eigenvalue weighted by atomic mass is 32.2. The first-order valence-corrected chi connectivity index (χ1v) is 11.0. The van der Waals surface area contributed by atoms with E-state index in [1.807, 2.05) is 37.3 Å². The SMILES string of the molecule is Cc1ccc(CNC(=O)CSc2nc3ccccc3c(=O)n2-c2ccc(C#N)cc2)cc1. The molecule has 1 aromatic heterocycles. The number of aryl methyl sites for hydroxylation is 1. The number of hydrogen-bond acceptors (Lipinski definition) is 5. The molecule has 0 fully saturated rings. The predicted molar refractivity (Wildman–Crippen MR) is 126 cm³/mol. The molecular weight excluding hydrogens is 420 g/mol. The van der Waals surface area contributed by atoms with Crippen LogP contribution in [0.3, 0.4) is 0 Å². The summed E-state index contributed by atoms with van der Waals surface area (Å²) in [4.78, 5) is 30.3. The van der Waals surface area contributed by atoms with Crippen molar-refractivity contribution in [2.75, 3.05) is 5.75 Å². The second kappa shape index (κ2) is 9.50. The fourth-order valence-electron chi connectivity index (χ4n) is 3.21. The largest absolute Gasteiger partial charge is 0.351 e. The van der Waals surface area contributed by atoms with E-state index in [9.17, 15) is 9.59 Å². The number of thioether (sulfide) groups is 1. The van der Waals surface area contributed by atoms with Gasteiger partial charge in [-0.15, -0.1) is 0 Å². The number of nitrogens with zero attached hydrogens (tertiary/aromatic N) is 3. The normalized spacial score (nSPS) is 10.6. The number of fused-ring (bicyclic) bond motifs is 1. The highest BCUT2D eigenvalue weighted by Gasteiger charge is 2.15. The molecule has 0 unspecified atom stereocenters. The van der Waals surface area contributed by atoms with E-state index in [0.29, 0.717) is 33.9 Å². The summed E-state index contributed by atoms with van der Waals surface area (Å²) in [5, 5.41) is 12.9. The van der Waals surface area contributed by atoms with Gasteiger partial charge in [0.1, 0.15) is 0 Å². The lowest BCUT2D eigenvalue weighted by atomic mass is 10.1. The highest BCUT2D eigenvalue weighted by molar-refractivity contribution is 7.99. The molecule has 6 nitrogen and oxygen atoms in total. The van der Waals surface area contributed by atoms with Crippen molar-refractivity contribution >= 4 is 28.6 Å². The average Bonchev–Trinajstić information content (AvgIpc) is 2.82. The average molecular weight is 441 g/mol. The Hall–Kier alpha value is -3.89. The first kappa shape index (κ1) is 21.3. The lowest BCUT2D eigenvalue weighted by Crippen LogP contribution is -2.26. The molecule has 0 atom stereocenters. The van der Waals surface area contributed by atoms with Crippen molar-refractivity contribution in [2.45, 2.75) is 18.6 Å². The van der Waals surface area contributed by atoms with Crippen molar-refractivity contribution in [1.29, 1.82) is 5.26 Å². The molecule has 0 aliphatic rings. The van der Waals surface area contributed by atoms with Gasteiger partial charge in [0, 0.05) is 6.54 Å². The maximum Gasteiger partial charge on any atom is 0.266 e. The smallest absolute Gasteiger partial charge is 0.266 e. The maximum absolute atomic E-state index is 13.2. The number of nitrogens with one attached hydrogen (secondary N) is 1. The summed E-state index contributed by atoms with van der Waals surface area (Å²) in [5.41, 5.74) is 3.63. The second-order valence-corrected chi connectivity index (χ2v) is 8.20. The fraction of sp³-hybridized carbons (Fsp3) is 0.120. The summed E-state index contributed by atoms with van der Waals surface area (Å²) in [5.74, 6) is -0.0308. The van der Waals surface area contributed by atoms with E-state index >= 15 is 0 Å². The summed E-state index contributed by atoms with van der Waals surface area (Å²) >= 11 is 1.20. The fourth-order valence-corrected chi connectivity index (χ4v) is 4.05. The molecular formula is C25H20N4O2S. The molecule has 158 valence electrons. The molecule has 0 radical (unpaired) electrons. The van der Waals surface area contributed by atoms with Gasteiger partial charge in [0.05, 0.1) is 34.0 Å². The van der Waals surface area contributed by atoms with Crippen LogP contribution in [0.15, 0.2) is 82.7 Å². The molecule has 32 heavy (non-hydrogen) atoms. The van der Waals surface area contributed by atoms with E-state index in [-0.39, 0.29) is 17.2 Å². The van der Waals surface area contributed by atoms with Gasteiger partial charge < -0.3 is 5.32 Å². The van der Waals surface area contributed by atoms with Crippen LogP contribution >= 0.6 is 11.8 Å². The number of para-hydroxylation sites is 1. The number of aromatic nitrogens is 2. The van der Waals surface area contributed by atoms with Crippen LogP contribution in [0, 0.1) is 18.3 Å². The Bertz CT molecular complexity index is 1370. The molecule has 1 amide bonds. The third kappa shape index (κ3) is 4.71. The lowest BCUT2D eigenvalue weighted by Gasteiger charge is -2.13. The zero-order valence-electron chi connectivity index (χ0n) is 17.4. The number of carbonyl (C=O) groups excluding carboxylic acids is 1. The van der Waals surface area contributed by atoms with E-state index in [4.69, 9.17) is 5.26 Å². The molecule has 0 saturated heterocycles. The molecule has 3 aromatic carbocycles. The Morgan fingerprint density at radius 3 is 2.50 bits per heavy atom. The van der Waals surface area contributed by atoms with Crippen molar-refractivity contribution in [2.24, 2.45) is 0 Å². The van der Waals surface area contributed by atoms with E-state index in [0.717, 1.165) is 5.56 Å². The predicted octanol–water partition coefficient (Wildman–Crippen LogP) is 3.97. The summed E-state index contributed by atoms with van der Waals surface area (Å²) < 4.78 is 1.49. The molecule has 0 bridgehead atoms. The third-order valence-electron chi connectivity index (χ3n) is 4.94. The van der Waals surface area contributed by atoms with E-state index in [1.165, 1.54) is 21.9 Å². The summed E-state index contributed by atoms with van der Waals surface area (Å²) in [6.45, 7) is 2.45. The summed E-state index contributed by atoms with van der Waals surface area (Å²) in [6.07, 6.45) is 0. The van der Waals surface area contributed by atoms with Crippen molar-refractivity contribution < 1.29 is 4.79 Å².